The standard InChI is InChI=1S/C37H27N3/c1-37(2)29-20-12-11-19-28(29)35-34(37)33-27-18-10-9-13-24(27)21-22-31(33)40(35)32-23-30(25-14-5-3-6-15-25)38-36(39-32)26-16-7-4-8-17-26/h3-23H,1-2H3. The van der Waals surface area contributed by atoms with Crippen LogP contribution in [0, 0.1) is 0 Å². The smallest absolute Gasteiger partial charge is 0.162 e. The molecule has 3 heteroatoms. The monoisotopic (exact) mass is 513 g/mol. The van der Waals surface area contributed by atoms with Crippen LogP contribution in [0.5, 0.6) is 0 Å². The zero-order valence-electron chi connectivity index (χ0n) is 22.5. The van der Waals surface area contributed by atoms with Crippen molar-refractivity contribution in [3.63, 3.8) is 0 Å². The first kappa shape index (κ1) is 22.9. The third kappa shape index (κ3) is 3.24. The van der Waals surface area contributed by atoms with Gasteiger partial charge >= 0.3 is 0 Å². The molecule has 0 spiro atoms. The van der Waals surface area contributed by atoms with E-state index in [9.17, 15) is 0 Å². The van der Waals surface area contributed by atoms with Crippen molar-refractivity contribution < 1.29 is 0 Å². The quantitative estimate of drug-likeness (QED) is 0.236. The van der Waals surface area contributed by atoms with Crippen LogP contribution in [0.4, 0.5) is 0 Å². The van der Waals surface area contributed by atoms with Gasteiger partial charge in [-0.25, -0.2) is 9.97 Å². The van der Waals surface area contributed by atoms with Gasteiger partial charge in [0.2, 0.25) is 0 Å². The van der Waals surface area contributed by atoms with Crippen molar-refractivity contribution >= 4 is 21.7 Å². The van der Waals surface area contributed by atoms with E-state index in [1.807, 2.05) is 24.3 Å². The Labute approximate surface area is 233 Å². The van der Waals surface area contributed by atoms with Crippen LogP contribution in [0.1, 0.15) is 25.0 Å². The molecule has 7 aromatic rings. The minimum absolute atomic E-state index is 0.156. The van der Waals surface area contributed by atoms with Gasteiger partial charge in [0.05, 0.1) is 16.9 Å². The summed E-state index contributed by atoms with van der Waals surface area (Å²) in [5, 5.41) is 3.83. The molecule has 0 saturated carbocycles. The van der Waals surface area contributed by atoms with Crippen LogP contribution in [0.3, 0.4) is 0 Å². The average Bonchev–Trinajstić information content (AvgIpc) is 3.49. The van der Waals surface area contributed by atoms with Crippen LogP contribution in [0.15, 0.2) is 127 Å². The van der Waals surface area contributed by atoms with Crippen molar-refractivity contribution in [3.05, 3.63) is 139 Å². The van der Waals surface area contributed by atoms with Crippen LogP contribution >= 0.6 is 0 Å². The van der Waals surface area contributed by atoms with Gasteiger partial charge in [-0.3, -0.25) is 4.57 Å². The lowest BCUT2D eigenvalue weighted by Gasteiger charge is -2.21. The second kappa shape index (κ2) is 8.49. The van der Waals surface area contributed by atoms with E-state index < -0.39 is 0 Å². The fourth-order valence-corrected chi connectivity index (χ4v) is 6.55. The van der Waals surface area contributed by atoms with E-state index in [2.05, 4.69) is 122 Å². The van der Waals surface area contributed by atoms with Gasteiger partial charge < -0.3 is 0 Å². The fraction of sp³-hybridized carbons (Fsp3) is 0.0811. The fourth-order valence-electron chi connectivity index (χ4n) is 6.55. The lowest BCUT2D eigenvalue weighted by molar-refractivity contribution is 0.666. The van der Waals surface area contributed by atoms with Gasteiger partial charge in [-0.2, -0.15) is 0 Å². The van der Waals surface area contributed by atoms with E-state index in [1.165, 1.54) is 44.1 Å². The summed E-state index contributed by atoms with van der Waals surface area (Å²) in [4.78, 5) is 10.3. The first-order valence-electron chi connectivity index (χ1n) is 13.8. The van der Waals surface area contributed by atoms with Gasteiger partial charge in [-0.15, -0.1) is 0 Å². The van der Waals surface area contributed by atoms with E-state index in [4.69, 9.17) is 9.97 Å². The second-order valence-electron chi connectivity index (χ2n) is 11.1. The predicted octanol–water partition coefficient (Wildman–Crippen LogP) is 9.21. The number of nitrogens with zero attached hydrogens (tertiary/aromatic N) is 3. The zero-order chi connectivity index (χ0) is 26.8. The minimum Gasteiger partial charge on any atom is -0.293 e. The van der Waals surface area contributed by atoms with Gasteiger partial charge in [0.15, 0.2) is 5.82 Å². The van der Waals surface area contributed by atoms with Gasteiger partial charge in [-0.1, -0.05) is 129 Å². The molecule has 1 aliphatic carbocycles. The van der Waals surface area contributed by atoms with Crippen LogP contribution in [0.25, 0.3) is 61.4 Å². The minimum atomic E-state index is -0.156. The number of aromatic nitrogens is 3. The Morgan fingerprint density at radius 1 is 0.625 bits per heavy atom. The lowest BCUT2D eigenvalue weighted by atomic mass is 9.81. The third-order valence-corrected chi connectivity index (χ3v) is 8.38. The van der Waals surface area contributed by atoms with Crippen LogP contribution < -0.4 is 0 Å². The molecular weight excluding hydrogens is 486 g/mol. The Kier molecular flexibility index (Phi) is 4.86. The highest BCUT2D eigenvalue weighted by atomic mass is 15.1. The van der Waals surface area contributed by atoms with Gasteiger partial charge in [-0.05, 0) is 28.0 Å². The van der Waals surface area contributed by atoms with E-state index in [-0.39, 0.29) is 5.41 Å². The second-order valence-corrected chi connectivity index (χ2v) is 11.1. The largest absolute Gasteiger partial charge is 0.293 e. The maximum Gasteiger partial charge on any atom is 0.162 e. The van der Waals surface area contributed by atoms with Crippen molar-refractivity contribution in [2.24, 2.45) is 0 Å². The molecule has 2 aromatic heterocycles. The van der Waals surface area contributed by atoms with Gasteiger partial charge in [0.25, 0.3) is 0 Å². The first-order chi connectivity index (χ1) is 19.6. The molecule has 0 atom stereocenters. The molecule has 8 rings (SSSR count). The first-order valence-corrected chi connectivity index (χ1v) is 13.8. The molecule has 0 amide bonds. The highest BCUT2D eigenvalue weighted by Crippen LogP contribution is 2.54. The SMILES string of the molecule is CC1(C)c2ccccc2-c2c1c1c3ccccc3ccc1n2-c1cc(-c2ccccc2)nc(-c2ccccc2)n1. The molecular formula is C37H27N3. The van der Waals surface area contributed by atoms with E-state index in [0.717, 1.165) is 28.5 Å². The molecule has 5 aromatic carbocycles. The Bertz CT molecular complexity index is 2010. The molecule has 0 radical (unpaired) electrons. The van der Waals surface area contributed by atoms with Crippen molar-refractivity contribution in [3.8, 4) is 39.7 Å². The van der Waals surface area contributed by atoms with Crippen molar-refractivity contribution in [1.29, 1.82) is 0 Å². The molecule has 3 nitrogen and oxygen atoms in total. The highest BCUT2D eigenvalue weighted by Gasteiger charge is 2.41. The predicted molar refractivity (Wildman–Crippen MR) is 165 cm³/mol. The van der Waals surface area contributed by atoms with Gasteiger partial charge in [0, 0.05) is 33.6 Å². The van der Waals surface area contributed by atoms with Crippen molar-refractivity contribution in [1.82, 2.24) is 14.5 Å². The highest BCUT2D eigenvalue weighted by molar-refractivity contribution is 6.13. The maximum absolute atomic E-state index is 5.25. The topological polar surface area (TPSA) is 30.7 Å². The van der Waals surface area contributed by atoms with E-state index in [0.29, 0.717) is 0 Å². The average molecular weight is 514 g/mol. The Hall–Kier alpha value is -5.02. The molecule has 0 aliphatic heterocycles. The molecule has 2 heterocycles. The van der Waals surface area contributed by atoms with E-state index >= 15 is 0 Å². The number of hydrogen-bond donors (Lipinski definition) is 0. The summed E-state index contributed by atoms with van der Waals surface area (Å²) >= 11 is 0. The normalized spacial score (nSPS) is 13.4. The van der Waals surface area contributed by atoms with E-state index in [1.54, 1.807) is 0 Å². The van der Waals surface area contributed by atoms with Crippen LogP contribution in [0.2, 0.25) is 0 Å². The van der Waals surface area contributed by atoms with Crippen LogP contribution in [-0.4, -0.2) is 14.5 Å². The molecule has 0 fully saturated rings. The maximum atomic E-state index is 5.25. The Morgan fingerprint density at radius 3 is 2.10 bits per heavy atom. The summed E-state index contributed by atoms with van der Waals surface area (Å²) in [6.45, 7) is 4.71. The summed E-state index contributed by atoms with van der Waals surface area (Å²) in [7, 11) is 0. The number of fused-ring (bicyclic) bond motifs is 7. The van der Waals surface area contributed by atoms with Gasteiger partial charge in [0.1, 0.15) is 5.82 Å². The molecule has 40 heavy (non-hydrogen) atoms. The van der Waals surface area contributed by atoms with Crippen molar-refractivity contribution in [2.75, 3.05) is 0 Å². The molecule has 0 unspecified atom stereocenters. The Balaban J connectivity index is 1.53. The summed E-state index contributed by atoms with van der Waals surface area (Å²) in [5.41, 5.74) is 9.20. The summed E-state index contributed by atoms with van der Waals surface area (Å²) in [6.07, 6.45) is 0. The molecule has 190 valence electrons. The lowest BCUT2D eigenvalue weighted by Crippen LogP contribution is -2.14. The molecule has 0 saturated heterocycles. The summed E-state index contributed by atoms with van der Waals surface area (Å²) < 4.78 is 2.38. The summed E-state index contributed by atoms with van der Waals surface area (Å²) in [5.74, 6) is 1.60. The van der Waals surface area contributed by atoms with Crippen molar-refractivity contribution in [2.45, 2.75) is 19.3 Å². The zero-order valence-corrected chi connectivity index (χ0v) is 22.5. The number of benzene rings is 5. The third-order valence-electron chi connectivity index (χ3n) is 8.38. The number of hydrogen-bond acceptors (Lipinski definition) is 2. The molecule has 1 aliphatic rings. The molecule has 0 N–H and O–H groups in total. The van der Waals surface area contributed by atoms with Crippen LogP contribution in [-0.2, 0) is 5.41 Å². The summed E-state index contributed by atoms with van der Waals surface area (Å²) in [6, 6.07) is 44.9. The molecule has 0 bridgehead atoms. The number of rotatable bonds is 3. The Morgan fingerprint density at radius 2 is 1.30 bits per heavy atom.